The first kappa shape index (κ1) is 14.7. The number of aromatic carboxylic acids is 1. The van der Waals surface area contributed by atoms with E-state index in [1.165, 1.54) is 12.3 Å². The van der Waals surface area contributed by atoms with Gasteiger partial charge in [0.05, 0.1) is 0 Å². The number of nitrogens with one attached hydrogen (secondary N) is 1. The van der Waals surface area contributed by atoms with Gasteiger partial charge in [-0.05, 0) is 38.8 Å². The SMILES string of the molecule is CC(C)N1CCC(CNc2nccc(C(=O)O)c2F)C1. The van der Waals surface area contributed by atoms with Gasteiger partial charge < -0.3 is 15.3 Å². The van der Waals surface area contributed by atoms with Crippen LogP contribution in [0.25, 0.3) is 0 Å². The van der Waals surface area contributed by atoms with E-state index in [-0.39, 0.29) is 11.4 Å². The highest BCUT2D eigenvalue weighted by molar-refractivity contribution is 5.88. The van der Waals surface area contributed by atoms with Gasteiger partial charge in [0.1, 0.15) is 5.56 Å². The Morgan fingerprint density at radius 3 is 3.00 bits per heavy atom. The summed E-state index contributed by atoms with van der Waals surface area (Å²) >= 11 is 0. The van der Waals surface area contributed by atoms with Gasteiger partial charge in [0, 0.05) is 25.3 Å². The molecule has 1 unspecified atom stereocenters. The first-order chi connectivity index (χ1) is 9.49. The molecule has 1 fully saturated rings. The molecule has 2 rings (SSSR count). The van der Waals surface area contributed by atoms with Crippen molar-refractivity contribution in [2.75, 3.05) is 25.0 Å². The van der Waals surface area contributed by atoms with Crippen molar-refractivity contribution in [2.45, 2.75) is 26.3 Å². The summed E-state index contributed by atoms with van der Waals surface area (Å²) in [5, 5.41) is 11.8. The standard InChI is InChI=1S/C14H20FN3O2/c1-9(2)18-6-4-10(8-18)7-17-13-12(15)11(14(19)20)3-5-16-13/h3,5,9-10H,4,6-8H2,1-2H3,(H,16,17)(H,19,20). The zero-order chi connectivity index (χ0) is 14.7. The van der Waals surface area contributed by atoms with E-state index in [0.717, 1.165) is 19.5 Å². The molecule has 110 valence electrons. The summed E-state index contributed by atoms with van der Waals surface area (Å²) in [5.41, 5.74) is -0.349. The Morgan fingerprint density at radius 1 is 1.65 bits per heavy atom. The Hall–Kier alpha value is -1.69. The van der Waals surface area contributed by atoms with Crippen molar-refractivity contribution >= 4 is 11.8 Å². The number of carboxylic acids is 1. The van der Waals surface area contributed by atoms with Crippen molar-refractivity contribution in [3.63, 3.8) is 0 Å². The second-order valence-corrected chi connectivity index (χ2v) is 5.45. The normalized spacial score (nSPS) is 19.5. The average Bonchev–Trinajstić information content (AvgIpc) is 2.86. The molecule has 0 amide bonds. The van der Waals surface area contributed by atoms with Gasteiger partial charge in [0.2, 0.25) is 0 Å². The van der Waals surface area contributed by atoms with E-state index >= 15 is 0 Å². The number of aromatic nitrogens is 1. The number of hydrogen-bond acceptors (Lipinski definition) is 4. The van der Waals surface area contributed by atoms with E-state index in [1.807, 2.05) is 0 Å². The highest BCUT2D eigenvalue weighted by atomic mass is 19.1. The molecule has 20 heavy (non-hydrogen) atoms. The van der Waals surface area contributed by atoms with Gasteiger partial charge in [0.25, 0.3) is 0 Å². The molecule has 5 nitrogen and oxygen atoms in total. The van der Waals surface area contributed by atoms with Crippen LogP contribution in [0, 0.1) is 11.7 Å². The van der Waals surface area contributed by atoms with Crippen LogP contribution >= 0.6 is 0 Å². The molecule has 2 N–H and O–H groups in total. The highest BCUT2D eigenvalue weighted by Crippen LogP contribution is 2.20. The lowest BCUT2D eigenvalue weighted by Crippen LogP contribution is -2.29. The molecule has 0 aliphatic carbocycles. The lowest BCUT2D eigenvalue weighted by atomic mass is 10.1. The Labute approximate surface area is 117 Å². The maximum absolute atomic E-state index is 13.9. The van der Waals surface area contributed by atoms with Gasteiger partial charge >= 0.3 is 5.97 Å². The number of anilines is 1. The van der Waals surface area contributed by atoms with Crippen LogP contribution in [0.3, 0.4) is 0 Å². The highest BCUT2D eigenvalue weighted by Gasteiger charge is 2.24. The van der Waals surface area contributed by atoms with E-state index in [4.69, 9.17) is 5.11 Å². The number of nitrogens with zero attached hydrogens (tertiary/aromatic N) is 2. The summed E-state index contributed by atoms with van der Waals surface area (Å²) in [6.45, 7) is 6.96. The van der Waals surface area contributed by atoms with Crippen LogP contribution in [-0.4, -0.2) is 46.6 Å². The predicted octanol–water partition coefficient (Wildman–Crippen LogP) is 2.06. The minimum absolute atomic E-state index is 0.0212. The topological polar surface area (TPSA) is 65.5 Å². The maximum atomic E-state index is 13.9. The molecule has 1 aromatic heterocycles. The van der Waals surface area contributed by atoms with Crippen molar-refractivity contribution in [2.24, 2.45) is 5.92 Å². The van der Waals surface area contributed by atoms with Crippen LogP contribution in [0.4, 0.5) is 10.2 Å². The molecule has 1 atom stereocenters. The zero-order valence-corrected chi connectivity index (χ0v) is 11.8. The molecule has 1 saturated heterocycles. The Balaban J connectivity index is 1.95. The number of carboxylic acid groups (broad SMARTS) is 1. The molecule has 1 aliphatic heterocycles. The van der Waals surface area contributed by atoms with E-state index in [2.05, 4.69) is 29.0 Å². The summed E-state index contributed by atoms with van der Waals surface area (Å²) in [5.74, 6) is -1.61. The number of rotatable bonds is 5. The van der Waals surface area contributed by atoms with Gasteiger partial charge in [-0.1, -0.05) is 0 Å². The van der Waals surface area contributed by atoms with E-state index < -0.39 is 11.8 Å². The van der Waals surface area contributed by atoms with Gasteiger partial charge in [-0.15, -0.1) is 0 Å². The van der Waals surface area contributed by atoms with Crippen molar-refractivity contribution < 1.29 is 14.3 Å². The Kier molecular flexibility index (Phi) is 4.54. The van der Waals surface area contributed by atoms with Crippen molar-refractivity contribution in [1.82, 2.24) is 9.88 Å². The first-order valence-corrected chi connectivity index (χ1v) is 6.84. The number of likely N-dealkylation sites (tertiary alicyclic amines) is 1. The van der Waals surface area contributed by atoms with Gasteiger partial charge in [0.15, 0.2) is 11.6 Å². The molecule has 6 heteroatoms. The smallest absolute Gasteiger partial charge is 0.338 e. The molecule has 1 aromatic rings. The molecular weight excluding hydrogens is 261 g/mol. The second-order valence-electron chi connectivity index (χ2n) is 5.45. The minimum Gasteiger partial charge on any atom is -0.478 e. The third kappa shape index (κ3) is 3.25. The fourth-order valence-corrected chi connectivity index (χ4v) is 2.47. The van der Waals surface area contributed by atoms with Crippen LogP contribution in [0.1, 0.15) is 30.6 Å². The Bertz CT molecular complexity index is 493. The van der Waals surface area contributed by atoms with Crippen molar-refractivity contribution in [1.29, 1.82) is 0 Å². The quantitative estimate of drug-likeness (QED) is 0.865. The summed E-state index contributed by atoms with van der Waals surface area (Å²) in [4.78, 5) is 17.1. The fraction of sp³-hybridized carbons (Fsp3) is 0.571. The van der Waals surface area contributed by atoms with Crippen molar-refractivity contribution in [3.8, 4) is 0 Å². The van der Waals surface area contributed by atoms with Gasteiger partial charge in [-0.2, -0.15) is 0 Å². The number of carbonyl (C=O) groups is 1. The third-order valence-electron chi connectivity index (χ3n) is 3.73. The van der Waals surface area contributed by atoms with Crippen LogP contribution in [0.15, 0.2) is 12.3 Å². The maximum Gasteiger partial charge on any atom is 0.338 e. The fourth-order valence-electron chi connectivity index (χ4n) is 2.47. The van der Waals surface area contributed by atoms with Crippen molar-refractivity contribution in [3.05, 3.63) is 23.6 Å². The predicted molar refractivity (Wildman–Crippen MR) is 74.5 cm³/mol. The summed E-state index contributed by atoms with van der Waals surface area (Å²) in [6.07, 6.45) is 2.37. The molecule has 0 aromatic carbocycles. The number of pyridine rings is 1. The molecule has 0 bridgehead atoms. The number of hydrogen-bond donors (Lipinski definition) is 2. The zero-order valence-electron chi connectivity index (χ0n) is 11.8. The lowest BCUT2D eigenvalue weighted by Gasteiger charge is -2.20. The summed E-state index contributed by atoms with van der Waals surface area (Å²) in [7, 11) is 0. The van der Waals surface area contributed by atoms with Gasteiger partial charge in [-0.25, -0.2) is 14.2 Å². The monoisotopic (exact) mass is 281 g/mol. The molecule has 1 aliphatic rings. The number of halogens is 1. The van der Waals surface area contributed by atoms with Crippen LogP contribution in [0.5, 0.6) is 0 Å². The molecule has 0 radical (unpaired) electrons. The third-order valence-corrected chi connectivity index (χ3v) is 3.73. The van der Waals surface area contributed by atoms with Crippen LogP contribution in [-0.2, 0) is 0 Å². The summed E-state index contributed by atoms with van der Waals surface area (Å²) < 4.78 is 13.9. The van der Waals surface area contributed by atoms with E-state index in [1.54, 1.807) is 0 Å². The summed E-state index contributed by atoms with van der Waals surface area (Å²) in [6, 6.07) is 1.68. The van der Waals surface area contributed by atoms with E-state index in [9.17, 15) is 9.18 Å². The molecular formula is C14H20FN3O2. The second kappa shape index (κ2) is 6.17. The first-order valence-electron chi connectivity index (χ1n) is 6.84. The lowest BCUT2D eigenvalue weighted by molar-refractivity contribution is 0.0692. The molecule has 2 heterocycles. The minimum atomic E-state index is -1.28. The molecule has 0 saturated carbocycles. The van der Waals surface area contributed by atoms with Gasteiger partial charge in [-0.3, -0.25) is 0 Å². The van der Waals surface area contributed by atoms with E-state index in [0.29, 0.717) is 18.5 Å². The largest absolute Gasteiger partial charge is 0.478 e. The van der Waals surface area contributed by atoms with Crippen LogP contribution in [0.2, 0.25) is 0 Å². The molecule has 0 spiro atoms. The van der Waals surface area contributed by atoms with Crippen LogP contribution < -0.4 is 5.32 Å². The Morgan fingerprint density at radius 2 is 2.40 bits per heavy atom. The average molecular weight is 281 g/mol.